The molecule has 2 nitrogen and oxygen atoms in total. The van der Waals surface area contributed by atoms with E-state index in [0.29, 0.717) is 11.6 Å². The Balaban J connectivity index is 1.91. The maximum atomic E-state index is 13.1. The van der Waals surface area contributed by atoms with Crippen molar-refractivity contribution in [2.75, 3.05) is 17.2 Å². The SMILES string of the molecule is CC1Cc2ccccc2N(Cc2ccc(F)cc2N)C1. The molecule has 0 bridgehead atoms. The molecule has 104 valence electrons. The zero-order valence-corrected chi connectivity index (χ0v) is 11.6. The average molecular weight is 270 g/mol. The Hall–Kier alpha value is -2.03. The highest BCUT2D eigenvalue weighted by Gasteiger charge is 2.21. The summed E-state index contributed by atoms with van der Waals surface area (Å²) in [5.74, 6) is 0.338. The summed E-state index contributed by atoms with van der Waals surface area (Å²) in [6.45, 7) is 4.00. The van der Waals surface area contributed by atoms with Gasteiger partial charge < -0.3 is 10.6 Å². The van der Waals surface area contributed by atoms with E-state index in [4.69, 9.17) is 5.73 Å². The van der Waals surface area contributed by atoms with Crippen LogP contribution in [0.3, 0.4) is 0 Å². The van der Waals surface area contributed by atoms with E-state index in [0.717, 1.165) is 25.1 Å². The highest BCUT2D eigenvalue weighted by molar-refractivity contribution is 5.58. The summed E-state index contributed by atoms with van der Waals surface area (Å²) in [5.41, 5.74) is 10.1. The van der Waals surface area contributed by atoms with Gasteiger partial charge in [0.25, 0.3) is 0 Å². The van der Waals surface area contributed by atoms with Crippen molar-refractivity contribution in [3.8, 4) is 0 Å². The molecule has 0 amide bonds. The number of hydrogen-bond acceptors (Lipinski definition) is 2. The Morgan fingerprint density at radius 3 is 2.85 bits per heavy atom. The molecule has 0 saturated heterocycles. The van der Waals surface area contributed by atoms with E-state index in [1.165, 1.54) is 23.4 Å². The molecule has 2 N–H and O–H groups in total. The minimum atomic E-state index is -0.279. The number of halogens is 1. The molecule has 0 aliphatic carbocycles. The summed E-state index contributed by atoms with van der Waals surface area (Å²) in [7, 11) is 0. The van der Waals surface area contributed by atoms with E-state index in [-0.39, 0.29) is 5.82 Å². The quantitative estimate of drug-likeness (QED) is 0.845. The molecule has 2 aromatic carbocycles. The van der Waals surface area contributed by atoms with Gasteiger partial charge >= 0.3 is 0 Å². The summed E-state index contributed by atoms with van der Waals surface area (Å²) in [5, 5.41) is 0. The fourth-order valence-electron chi connectivity index (χ4n) is 2.97. The Bertz CT molecular complexity index is 624. The number of nitrogens with zero attached hydrogens (tertiary/aromatic N) is 1. The smallest absolute Gasteiger partial charge is 0.125 e. The fourth-order valence-corrected chi connectivity index (χ4v) is 2.97. The van der Waals surface area contributed by atoms with Gasteiger partial charge in [0.1, 0.15) is 5.82 Å². The van der Waals surface area contributed by atoms with Crippen molar-refractivity contribution in [3.05, 3.63) is 59.4 Å². The first kappa shape index (κ1) is 13.0. The van der Waals surface area contributed by atoms with Crippen molar-refractivity contribution in [3.63, 3.8) is 0 Å². The lowest BCUT2D eigenvalue weighted by atomic mass is 9.93. The molecule has 1 atom stereocenters. The van der Waals surface area contributed by atoms with E-state index < -0.39 is 0 Å². The summed E-state index contributed by atoms with van der Waals surface area (Å²) < 4.78 is 13.1. The van der Waals surface area contributed by atoms with Crippen molar-refractivity contribution in [1.29, 1.82) is 0 Å². The van der Waals surface area contributed by atoms with Gasteiger partial charge in [-0.05, 0) is 41.7 Å². The maximum absolute atomic E-state index is 13.1. The van der Waals surface area contributed by atoms with Crippen LogP contribution in [0.1, 0.15) is 18.1 Å². The molecule has 0 spiro atoms. The van der Waals surface area contributed by atoms with Crippen LogP contribution in [0.5, 0.6) is 0 Å². The average Bonchev–Trinajstić information content (AvgIpc) is 2.41. The lowest BCUT2D eigenvalue weighted by molar-refractivity contribution is 0.530. The molecule has 0 aromatic heterocycles. The van der Waals surface area contributed by atoms with Gasteiger partial charge in [0.2, 0.25) is 0 Å². The number of anilines is 2. The lowest BCUT2D eigenvalue weighted by Gasteiger charge is -2.35. The standard InChI is InChI=1S/C17H19FN2/c1-12-8-13-4-2-3-5-17(13)20(10-12)11-14-6-7-15(18)9-16(14)19/h2-7,9,12H,8,10-11,19H2,1H3. The third-order valence-electron chi connectivity index (χ3n) is 3.90. The summed E-state index contributed by atoms with van der Waals surface area (Å²) >= 11 is 0. The van der Waals surface area contributed by atoms with Crippen LogP contribution in [-0.2, 0) is 13.0 Å². The van der Waals surface area contributed by atoms with Gasteiger partial charge in [-0.3, -0.25) is 0 Å². The maximum Gasteiger partial charge on any atom is 0.125 e. The van der Waals surface area contributed by atoms with E-state index in [1.54, 1.807) is 6.07 Å². The van der Waals surface area contributed by atoms with Crippen molar-refractivity contribution in [2.45, 2.75) is 19.9 Å². The molecule has 2 aromatic rings. The predicted molar refractivity (Wildman–Crippen MR) is 81.2 cm³/mol. The van der Waals surface area contributed by atoms with Gasteiger partial charge in [0.15, 0.2) is 0 Å². The van der Waals surface area contributed by atoms with Crippen LogP contribution < -0.4 is 10.6 Å². The van der Waals surface area contributed by atoms with E-state index in [1.807, 2.05) is 0 Å². The first-order valence-electron chi connectivity index (χ1n) is 7.00. The number of para-hydroxylation sites is 1. The monoisotopic (exact) mass is 270 g/mol. The Morgan fingerprint density at radius 2 is 2.05 bits per heavy atom. The molecule has 1 heterocycles. The van der Waals surface area contributed by atoms with Crippen LogP contribution in [-0.4, -0.2) is 6.54 Å². The second kappa shape index (κ2) is 5.16. The van der Waals surface area contributed by atoms with E-state index >= 15 is 0 Å². The van der Waals surface area contributed by atoms with Crippen molar-refractivity contribution >= 4 is 11.4 Å². The summed E-state index contributed by atoms with van der Waals surface area (Å²) in [6.07, 6.45) is 1.12. The highest BCUT2D eigenvalue weighted by atomic mass is 19.1. The molecule has 1 aliphatic rings. The van der Waals surface area contributed by atoms with Crippen LogP contribution in [0.15, 0.2) is 42.5 Å². The zero-order valence-electron chi connectivity index (χ0n) is 11.6. The number of fused-ring (bicyclic) bond motifs is 1. The van der Waals surface area contributed by atoms with Crippen molar-refractivity contribution in [2.24, 2.45) is 5.92 Å². The van der Waals surface area contributed by atoms with Gasteiger partial charge in [-0.25, -0.2) is 4.39 Å². The number of nitrogens with two attached hydrogens (primary N) is 1. The van der Waals surface area contributed by atoms with Crippen LogP contribution in [0.4, 0.5) is 15.8 Å². The van der Waals surface area contributed by atoms with Crippen LogP contribution in [0.2, 0.25) is 0 Å². The number of nitrogen functional groups attached to an aromatic ring is 1. The van der Waals surface area contributed by atoms with Crippen LogP contribution >= 0.6 is 0 Å². The zero-order chi connectivity index (χ0) is 14.1. The van der Waals surface area contributed by atoms with E-state index in [2.05, 4.69) is 36.1 Å². The normalized spacial score (nSPS) is 17.9. The first-order valence-corrected chi connectivity index (χ1v) is 7.00. The van der Waals surface area contributed by atoms with Crippen molar-refractivity contribution < 1.29 is 4.39 Å². The third-order valence-corrected chi connectivity index (χ3v) is 3.90. The fraction of sp³-hybridized carbons (Fsp3) is 0.294. The number of hydrogen-bond donors (Lipinski definition) is 1. The molecule has 0 radical (unpaired) electrons. The minimum absolute atomic E-state index is 0.279. The lowest BCUT2D eigenvalue weighted by Crippen LogP contribution is -2.34. The summed E-state index contributed by atoms with van der Waals surface area (Å²) in [4.78, 5) is 2.34. The van der Waals surface area contributed by atoms with Gasteiger partial charge in [-0.1, -0.05) is 31.2 Å². The largest absolute Gasteiger partial charge is 0.398 e. The third kappa shape index (κ3) is 2.48. The van der Waals surface area contributed by atoms with Crippen molar-refractivity contribution in [1.82, 2.24) is 0 Å². The second-order valence-electron chi connectivity index (χ2n) is 5.66. The van der Waals surface area contributed by atoms with Gasteiger partial charge in [-0.15, -0.1) is 0 Å². The second-order valence-corrected chi connectivity index (χ2v) is 5.66. The molecule has 3 heteroatoms. The highest BCUT2D eigenvalue weighted by Crippen LogP contribution is 2.31. The van der Waals surface area contributed by atoms with Crippen LogP contribution in [0.25, 0.3) is 0 Å². The molecule has 3 rings (SSSR count). The first-order chi connectivity index (χ1) is 9.63. The molecule has 0 fully saturated rings. The number of benzene rings is 2. The van der Waals surface area contributed by atoms with E-state index in [9.17, 15) is 4.39 Å². The molecule has 1 unspecified atom stereocenters. The van der Waals surface area contributed by atoms with Gasteiger partial charge in [-0.2, -0.15) is 0 Å². The molecular weight excluding hydrogens is 251 g/mol. The summed E-state index contributed by atoms with van der Waals surface area (Å²) in [6, 6.07) is 13.1. The molecule has 1 aliphatic heterocycles. The topological polar surface area (TPSA) is 29.3 Å². The molecule has 20 heavy (non-hydrogen) atoms. The van der Waals surface area contributed by atoms with Crippen LogP contribution in [0, 0.1) is 11.7 Å². The molecular formula is C17H19FN2. The Kier molecular flexibility index (Phi) is 3.35. The Morgan fingerprint density at radius 1 is 1.25 bits per heavy atom. The van der Waals surface area contributed by atoms with Gasteiger partial charge in [0, 0.05) is 24.5 Å². The number of rotatable bonds is 2. The minimum Gasteiger partial charge on any atom is -0.398 e. The predicted octanol–water partition coefficient (Wildman–Crippen LogP) is 3.61. The Labute approximate surface area is 119 Å². The molecule has 0 saturated carbocycles. The van der Waals surface area contributed by atoms with Gasteiger partial charge in [0.05, 0.1) is 0 Å².